The summed E-state index contributed by atoms with van der Waals surface area (Å²) in [5.74, 6) is 1.11. The lowest BCUT2D eigenvalue weighted by molar-refractivity contribution is -0.158. The second-order valence-corrected chi connectivity index (χ2v) is 5.33. The van der Waals surface area contributed by atoms with E-state index in [4.69, 9.17) is 26.8 Å². The highest BCUT2D eigenvalue weighted by Gasteiger charge is 2.32. The first kappa shape index (κ1) is 19.0. The highest BCUT2D eigenvalue weighted by molar-refractivity contribution is 8.93. The van der Waals surface area contributed by atoms with Gasteiger partial charge in [0.1, 0.15) is 5.75 Å². The second-order valence-electron chi connectivity index (χ2n) is 5.33. The minimum atomic E-state index is -0.687. The molecule has 0 amide bonds. The molecule has 9 heteroatoms. The molecule has 0 bridgehead atoms. The number of ether oxygens (including phenoxy) is 1. The fraction of sp³-hybridized carbons (Fsp3) is 0.429. The lowest BCUT2D eigenvalue weighted by Gasteiger charge is -2.36. The van der Waals surface area contributed by atoms with Crippen LogP contribution in [0.4, 0.5) is 5.69 Å². The Kier molecular flexibility index (Phi) is 6.64. The molecule has 2 rings (SSSR count). The predicted molar refractivity (Wildman–Crippen MR) is 96.4 cm³/mol. The van der Waals surface area contributed by atoms with E-state index in [2.05, 4.69) is 9.98 Å². The van der Waals surface area contributed by atoms with Gasteiger partial charge in [0, 0.05) is 12.1 Å². The Labute approximate surface area is 146 Å². The molecule has 0 spiro atoms. The summed E-state index contributed by atoms with van der Waals surface area (Å²) < 4.78 is 5.58. The van der Waals surface area contributed by atoms with Crippen LogP contribution in [0, 0.1) is 0 Å². The maximum absolute atomic E-state index is 5.81. The molecule has 1 aliphatic rings. The van der Waals surface area contributed by atoms with Gasteiger partial charge in [-0.1, -0.05) is 0 Å². The zero-order valence-electron chi connectivity index (χ0n) is 13.2. The van der Waals surface area contributed by atoms with Crippen molar-refractivity contribution in [2.24, 2.45) is 21.5 Å². The summed E-state index contributed by atoms with van der Waals surface area (Å²) >= 11 is 0. The van der Waals surface area contributed by atoms with Crippen molar-refractivity contribution < 1.29 is 9.57 Å². The van der Waals surface area contributed by atoms with Crippen LogP contribution in [-0.4, -0.2) is 35.9 Å². The third-order valence-corrected chi connectivity index (χ3v) is 2.98. The van der Waals surface area contributed by atoms with E-state index in [1.807, 2.05) is 26.0 Å². The number of hydrogen-bond acceptors (Lipinski definition) is 8. The van der Waals surface area contributed by atoms with Crippen LogP contribution >= 0.6 is 17.0 Å². The standard InChI is InChI=1S/C14H22N6O2.BrH/c1-14(2)19-12(16)18-13(17)20(14)22-9-3-8-21-11-6-4-10(15)5-7-11;/h4-7H,3,8-9,15H2,1-2H3,(H4,16,17,18,19);1H. The summed E-state index contributed by atoms with van der Waals surface area (Å²) in [5.41, 5.74) is 17.0. The van der Waals surface area contributed by atoms with Gasteiger partial charge >= 0.3 is 0 Å². The van der Waals surface area contributed by atoms with Crippen molar-refractivity contribution in [1.82, 2.24) is 5.06 Å². The third-order valence-electron chi connectivity index (χ3n) is 2.98. The van der Waals surface area contributed by atoms with Crippen LogP contribution in [-0.2, 0) is 4.84 Å². The minimum Gasteiger partial charge on any atom is -0.494 e. The Hall–Kier alpha value is -2.00. The molecule has 0 saturated carbocycles. The van der Waals surface area contributed by atoms with Crippen molar-refractivity contribution >= 4 is 34.6 Å². The topological polar surface area (TPSA) is 124 Å². The van der Waals surface area contributed by atoms with Crippen LogP contribution in [0.5, 0.6) is 5.75 Å². The van der Waals surface area contributed by atoms with E-state index in [1.165, 1.54) is 5.06 Å². The van der Waals surface area contributed by atoms with Gasteiger partial charge < -0.3 is 21.9 Å². The van der Waals surface area contributed by atoms with Crippen LogP contribution < -0.4 is 21.9 Å². The summed E-state index contributed by atoms with van der Waals surface area (Å²) in [6, 6.07) is 7.24. The highest BCUT2D eigenvalue weighted by Crippen LogP contribution is 2.20. The molecular formula is C14H23BrN6O2. The molecule has 128 valence electrons. The van der Waals surface area contributed by atoms with Crippen LogP contribution in [0.3, 0.4) is 0 Å². The molecule has 1 aromatic carbocycles. The van der Waals surface area contributed by atoms with Gasteiger partial charge in [-0.3, -0.25) is 4.84 Å². The quantitative estimate of drug-likeness (QED) is 0.498. The van der Waals surface area contributed by atoms with Gasteiger partial charge in [-0.2, -0.15) is 10.1 Å². The Morgan fingerprint density at radius 3 is 2.35 bits per heavy atom. The van der Waals surface area contributed by atoms with E-state index in [1.54, 1.807) is 12.1 Å². The van der Waals surface area contributed by atoms with Crippen molar-refractivity contribution in [3.8, 4) is 5.75 Å². The largest absolute Gasteiger partial charge is 0.494 e. The highest BCUT2D eigenvalue weighted by atomic mass is 79.9. The summed E-state index contributed by atoms with van der Waals surface area (Å²) in [7, 11) is 0. The maximum atomic E-state index is 5.81. The van der Waals surface area contributed by atoms with Crippen LogP contribution in [0.15, 0.2) is 34.3 Å². The molecule has 0 atom stereocenters. The molecule has 8 nitrogen and oxygen atoms in total. The molecule has 0 radical (unpaired) electrons. The number of rotatable bonds is 6. The zero-order chi connectivity index (χ0) is 16.2. The lowest BCUT2D eigenvalue weighted by atomic mass is 10.2. The number of anilines is 1. The molecule has 6 N–H and O–H groups in total. The smallest absolute Gasteiger partial charge is 0.226 e. The molecule has 0 saturated heterocycles. The molecule has 1 aromatic rings. The van der Waals surface area contributed by atoms with Crippen LogP contribution in [0.25, 0.3) is 0 Å². The van der Waals surface area contributed by atoms with Gasteiger partial charge in [-0.15, -0.1) is 17.0 Å². The molecule has 1 heterocycles. The first-order chi connectivity index (χ1) is 10.4. The Bertz CT molecular complexity index is 573. The van der Waals surface area contributed by atoms with Gasteiger partial charge in [-0.05, 0) is 38.1 Å². The number of nitrogens with two attached hydrogens (primary N) is 3. The van der Waals surface area contributed by atoms with Crippen molar-refractivity contribution in [2.75, 3.05) is 18.9 Å². The third kappa shape index (κ3) is 5.29. The van der Waals surface area contributed by atoms with E-state index >= 15 is 0 Å². The first-order valence-corrected chi connectivity index (χ1v) is 6.99. The average Bonchev–Trinajstić information content (AvgIpc) is 2.42. The minimum absolute atomic E-state index is 0. The molecule has 0 fully saturated rings. The van der Waals surface area contributed by atoms with E-state index in [0.29, 0.717) is 25.3 Å². The Balaban J connectivity index is 0.00000264. The van der Waals surface area contributed by atoms with E-state index in [0.717, 1.165) is 5.75 Å². The molecule has 0 aromatic heterocycles. The van der Waals surface area contributed by atoms with Crippen molar-refractivity contribution in [3.05, 3.63) is 24.3 Å². The van der Waals surface area contributed by atoms with Crippen molar-refractivity contribution in [1.29, 1.82) is 0 Å². The number of hydroxylamine groups is 2. The summed E-state index contributed by atoms with van der Waals surface area (Å²) in [4.78, 5) is 13.7. The average molecular weight is 387 g/mol. The molecular weight excluding hydrogens is 364 g/mol. The Morgan fingerprint density at radius 2 is 1.74 bits per heavy atom. The van der Waals surface area contributed by atoms with E-state index < -0.39 is 5.66 Å². The molecule has 23 heavy (non-hydrogen) atoms. The SMILES string of the molecule is Br.CC1(C)N=C(N)N=C(N)N1OCCCOc1ccc(N)cc1. The van der Waals surface area contributed by atoms with Gasteiger partial charge in [0.15, 0.2) is 5.66 Å². The number of aliphatic imine (C=N–C) groups is 2. The van der Waals surface area contributed by atoms with Crippen molar-refractivity contribution in [2.45, 2.75) is 25.9 Å². The first-order valence-electron chi connectivity index (χ1n) is 6.99. The number of hydrogen-bond donors (Lipinski definition) is 3. The van der Waals surface area contributed by atoms with E-state index in [9.17, 15) is 0 Å². The van der Waals surface area contributed by atoms with Gasteiger partial charge in [0.05, 0.1) is 13.2 Å². The van der Waals surface area contributed by atoms with Crippen LogP contribution in [0.1, 0.15) is 20.3 Å². The second kappa shape index (κ2) is 8.02. The molecule has 0 unspecified atom stereocenters. The summed E-state index contributed by atoms with van der Waals surface area (Å²) in [6.45, 7) is 4.61. The lowest BCUT2D eigenvalue weighted by Crippen LogP contribution is -2.53. The summed E-state index contributed by atoms with van der Waals surface area (Å²) in [5, 5.41) is 1.45. The molecule has 0 aliphatic carbocycles. The van der Waals surface area contributed by atoms with Gasteiger partial charge in [0.25, 0.3) is 0 Å². The zero-order valence-corrected chi connectivity index (χ0v) is 14.9. The predicted octanol–water partition coefficient (Wildman–Crippen LogP) is 1.23. The fourth-order valence-electron chi connectivity index (χ4n) is 1.99. The monoisotopic (exact) mass is 386 g/mol. The number of nitrogen functional groups attached to an aromatic ring is 1. The number of halogens is 1. The van der Waals surface area contributed by atoms with Crippen LogP contribution in [0.2, 0.25) is 0 Å². The van der Waals surface area contributed by atoms with Gasteiger partial charge in [-0.25, -0.2) is 4.99 Å². The summed E-state index contributed by atoms with van der Waals surface area (Å²) in [6.07, 6.45) is 0.684. The Morgan fingerprint density at radius 1 is 1.09 bits per heavy atom. The number of guanidine groups is 2. The number of benzene rings is 1. The molecule has 1 aliphatic heterocycles. The normalized spacial score (nSPS) is 16.2. The van der Waals surface area contributed by atoms with E-state index in [-0.39, 0.29) is 28.9 Å². The fourth-order valence-corrected chi connectivity index (χ4v) is 1.99. The maximum Gasteiger partial charge on any atom is 0.226 e. The number of nitrogens with zero attached hydrogens (tertiary/aromatic N) is 3. The van der Waals surface area contributed by atoms with Crippen molar-refractivity contribution in [3.63, 3.8) is 0 Å². The van der Waals surface area contributed by atoms with Gasteiger partial charge in [0.2, 0.25) is 11.9 Å².